The highest BCUT2D eigenvalue weighted by Gasteiger charge is 2.01. The van der Waals surface area contributed by atoms with Crippen molar-refractivity contribution in [1.82, 2.24) is 0 Å². The van der Waals surface area contributed by atoms with Crippen molar-refractivity contribution in [3.8, 4) is 0 Å². The van der Waals surface area contributed by atoms with E-state index in [-0.39, 0.29) is 0 Å². The molecule has 0 aliphatic rings. The molecule has 1 aromatic heterocycles. The van der Waals surface area contributed by atoms with Crippen LogP contribution in [-0.2, 0) is 24.5 Å². The van der Waals surface area contributed by atoms with Crippen LogP contribution in [0.3, 0.4) is 0 Å². The van der Waals surface area contributed by atoms with Gasteiger partial charge in [0.2, 0.25) is 0 Å². The zero-order valence-electron chi connectivity index (χ0n) is 9.36. The molecule has 2 aromatic rings. The topological polar surface area (TPSA) is 35.2 Å². The molecule has 0 fully saturated rings. The van der Waals surface area contributed by atoms with E-state index in [4.69, 9.17) is 22.1 Å². The molecule has 0 bridgehead atoms. The highest BCUT2D eigenvalue weighted by atomic mass is 35.5. The third kappa shape index (κ3) is 3.54. The number of nitrogens with two attached hydrogens (primary N) is 1. The van der Waals surface area contributed by atoms with E-state index in [0.29, 0.717) is 19.8 Å². The Morgan fingerprint density at radius 3 is 2.53 bits per heavy atom. The van der Waals surface area contributed by atoms with Crippen molar-refractivity contribution in [2.45, 2.75) is 19.8 Å². The van der Waals surface area contributed by atoms with Gasteiger partial charge in [0.25, 0.3) is 0 Å². The number of thiophene rings is 1. The van der Waals surface area contributed by atoms with Crippen LogP contribution in [0.2, 0.25) is 5.02 Å². The van der Waals surface area contributed by atoms with E-state index in [1.165, 1.54) is 9.75 Å². The number of halogens is 1. The molecule has 0 unspecified atom stereocenters. The second-order valence-electron chi connectivity index (χ2n) is 3.66. The van der Waals surface area contributed by atoms with Crippen LogP contribution >= 0.6 is 22.9 Å². The Kier molecular flexibility index (Phi) is 4.57. The van der Waals surface area contributed by atoms with Crippen LogP contribution in [0.5, 0.6) is 0 Å². The molecule has 0 atom stereocenters. The van der Waals surface area contributed by atoms with Crippen molar-refractivity contribution in [2.24, 2.45) is 5.73 Å². The van der Waals surface area contributed by atoms with Gasteiger partial charge in [0, 0.05) is 21.3 Å². The first kappa shape index (κ1) is 12.6. The van der Waals surface area contributed by atoms with Gasteiger partial charge in [-0.05, 0) is 23.8 Å². The molecular weight excluding hydrogens is 254 g/mol. The molecule has 2 N–H and O–H groups in total. The van der Waals surface area contributed by atoms with Crippen LogP contribution in [0, 0.1) is 0 Å². The van der Waals surface area contributed by atoms with E-state index in [0.717, 1.165) is 10.6 Å². The zero-order chi connectivity index (χ0) is 12.1. The van der Waals surface area contributed by atoms with E-state index in [2.05, 4.69) is 6.07 Å². The smallest absolute Gasteiger partial charge is 0.0814 e. The van der Waals surface area contributed by atoms with Gasteiger partial charge in [0.1, 0.15) is 0 Å². The monoisotopic (exact) mass is 267 g/mol. The Morgan fingerprint density at radius 2 is 1.82 bits per heavy atom. The Morgan fingerprint density at radius 1 is 1.06 bits per heavy atom. The lowest BCUT2D eigenvalue weighted by molar-refractivity contribution is 0.109. The second-order valence-corrected chi connectivity index (χ2v) is 5.32. The maximum absolute atomic E-state index is 6.04. The van der Waals surface area contributed by atoms with Gasteiger partial charge >= 0.3 is 0 Å². The molecule has 0 radical (unpaired) electrons. The first-order valence-electron chi connectivity index (χ1n) is 5.38. The summed E-state index contributed by atoms with van der Waals surface area (Å²) in [5.74, 6) is 0. The van der Waals surface area contributed by atoms with Crippen LogP contribution in [0.1, 0.15) is 15.3 Å². The van der Waals surface area contributed by atoms with Crippen LogP contribution in [-0.4, -0.2) is 0 Å². The summed E-state index contributed by atoms with van der Waals surface area (Å²) in [6.45, 7) is 1.74. The van der Waals surface area contributed by atoms with E-state index in [1.54, 1.807) is 11.3 Å². The number of benzene rings is 1. The summed E-state index contributed by atoms with van der Waals surface area (Å²) in [7, 11) is 0. The van der Waals surface area contributed by atoms with Crippen molar-refractivity contribution >= 4 is 22.9 Å². The van der Waals surface area contributed by atoms with Crippen molar-refractivity contribution in [1.29, 1.82) is 0 Å². The SMILES string of the molecule is NCc1ccc(COCc2ccccc2Cl)s1. The maximum Gasteiger partial charge on any atom is 0.0814 e. The molecule has 0 saturated heterocycles. The Balaban J connectivity index is 1.85. The molecule has 2 rings (SSSR count). The molecule has 17 heavy (non-hydrogen) atoms. The van der Waals surface area contributed by atoms with Gasteiger partial charge in [-0.15, -0.1) is 11.3 Å². The molecule has 2 nitrogen and oxygen atoms in total. The van der Waals surface area contributed by atoms with Crippen LogP contribution < -0.4 is 5.73 Å². The molecule has 90 valence electrons. The molecule has 0 amide bonds. The highest BCUT2D eigenvalue weighted by molar-refractivity contribution is 7.11. The fourth-order valence-electron chi connectivity index (χ4n) is 1.49. The quantitative estimate of drug-likeness (QED) is 0.899. The lowest BCUT2D eigenvalue weighted by Crippen LogP contribution is -1.93. The van der Waals surface area contributed by atoms with E-state index in [9.17, 15) is 0 Å². The first-order chi connectivity index (χ1) is 8.29. The van der Waals surface area contributed by atoms with Gasteiger partial charge < -0.3 is 10.5 Å². The minimum atomic E-state index is 0.537. The average molecular weight is 268 g/mol. The summed E-state index contributed by atoms with van der Waals surface area (Å²) in [6, 6.07) is 11.8. The minimum Gasteiger partial charge on any atom is -0.371 e. The van der Waals surface area contributed by atoms with E-state index >= 15 is 0 Å². The largest absolute Gasteiger partial charge is 0.371 e. The number of rotatable bonds is 5. The minimum absolute atomic E-state index is 0.537. The van der Waals surface area contributed by atoms with E-state index in [1.807, 2.05) is 30.3 Å². The fraction of sp³-hybridized carbons (Fsp3) is 0.231. The lowest BCUT2D eigenvalue weighted by Gasteiger charge is -2.04. The third-order valence-electron chi connectivity index (χ3n) is 2.38. The molecular formula is C13H14ClNOS. The average Bonchev–Trinajstić information content (AvgIpc) is 2.80. The first-order valence-corrected chi connectivity index (χ1v) is 6.58. The van der Waals surface area contributed by atoms with Gasteiger partial charge in [-0.1, -0.05) is 29.8 Å². The van der Waals surface area contributed by atoms with Gasteiger partial charge in [-0.2, -0.15) is 0 Å². The Hall–Kier alpha value is -0.870. The van der Waals surface area contributed by atoms with E-state index < -0.39 is 0 Å². The summed E-state index contributed by atoms with van der Waals surface area (Å²) in [4.78, 5) is 2.37. The number of ether oxygens (including phenoxy) is 1. The summed E-state index contributed by atoms with van der Waals surface area (Å²) >= 11 is 7.73. The fourth-order valence-corrected chi connectivity index (χ4v) is 2.51. The number of hydrogen-bond donors (Lipinski definition) is 1. The highest BCUT2D eigenvalue weighted by Crippen LogP contribution is 2.19. The Labute approximate surface area is 110 Å². The lowest BCUT2D eigenvalue weighted by atomic mass is 10.2. The predicted molar refractivity (Wildman–Crippen MR) is 72.2 cm³/mol. The van der Waals surface area contributed by atoms with Gasteiger partial charge in [0.15, 0.2) is 0 Å². The second kappa shape index (κ2) is 6.17. The number of hydrogen-bond acceptors (Lipinski definition) is 3. The Bertz CT molecular complexity index is 484. The zero-order valence-corrected chi connectivity index (χ0v) is 10.9. The molecule has 0 aliphatic carbocycles. The molecule has 0 saturated carbocycles. The molecule has 4 heteroatoms. The summed E-state index contributed by atoms with van der Waals surface area (Å²) in [5.41, 5.74) is 6.57. The van der Waals surface area contributed by atoms with Gasteiger partial charge in [-0.3, -0.25) is 0 Å². The van der Waals surface area contributed by atoms with Crippen molar-refractivity contribution < 1.29 is 4.74 Å². The van der Waals surface area contributed by atoms with Crippen molar-refractivity contribution in [3.63, 3.8) is 0 Å². The van der Waals surface area contributed by atoms with Crippen molar-refractivity contribution in [3.05, 3.63) is 56.7 Å². The normalized spacial score (nSPS) is 10.7. The summed E-state index contributed by atoms with van der Waals surface area (Å²) < 4.78 is 5.63. The standard InChI is InChI=1S/C13H14ClNOS/c14-13-4-2-1-3-10(13)8-16-9-12-6-5-11(7-15)17-12/h1-6H,7-9,15H2. The van der Waals surface area contributed by atoms with Crippen LogP contribution in [0.15, 0.2) is 36.4 Å². The van der Waals surface area contributed by atoms with Crippen molar-refractivity contribution in [2.75, 3.05) is 0 Å². The predicted octanol–water partition coefficient (Wildman–Crippen LogP) is 3.58. The molecule has 1 aromatic carbocycles. The molecule has 0 aliphatic heterocycles. The maximum atomic E-state index is 6.04. The van der Waals surface area contributed by atoms with Gasteiger partial charge in [0.05, 0.1) is 13.2 Å². The van der Waals surface area contributed by atoms with Crippen LogP contribution in [0.25, 0.3) is 0 Å². The summed E-state index contributed by atoms with van der Waals surface area (Å²) in [6.07, 6.45) is 0. The van der Waals surface area contributed by atoms with Crippen LogP contribution in [0.4, 0.5) is 0 Å². The molecule has 0 spiro atoms. The third-order valence-corrected chi connectivity index (χ3v) is 3.83. The molecule has 1 heterocycles. The summed E-state index contributed by atoms with van der Waals surface area (Å²) in [5, 5.41) is 0.751. The van der Waals surface area contributed by atoms with Gasteiger partial charge in [-0.25, -0.2) is 0 Å².